The zero-order valence-electron chi connectivity index (χ0n) is 13.6. The zero-order valence-corrected chi connectivity index (χ0v) is 16.8. The van der Waals surface area contributed by atoms with E-state index >= 15 is 0 Å². The lowest BCUT2D eigenvalue weighted by molar-refractivity contribution is 0.632. The monoisotopic (exact) mass is 486 g/mol. The van der Waals surface area contributed by atoms with E-state index in [0.717, 1.165) is 18.3 Å². The molecule has 0 aliphatic carbocycles. The highest BCUT2D eigenvalue weighted by atomic mass is 127. The number of aromatic nitrogens is 1. The first-order valence-electron chi connectivity index (χ1n) is 7.79. The van der Waals surface area contributed by atoms with E-state index in [1.807, 2.05) is 0 Å². The van der Waals surface area contributed by atoms with Gasteiger partial charge in [0.05, 0.1) is 22.8 Å². The Hall–Kier alpha value is -2.00. The number of H-pyrrole nitrogens is 1. The molecular weight excluding hydrogens is 469 g/mol. The number of rotatable bonds is 5. The zero-order chi connectivity index (χ0) is 18.8. The van der Waals surface area contributed by atoms with Crippen LogP contribution in [-0.2, 0) is 0 Å². The normalized spacial score (nSPS) is 14.0. The van der Waals surface area contributed by atoms with E-state index in [2.05, 4.69) is 37.1 Å². The number of nitrogens with two attached hydrogens (primary N) is 2. The molecule has 1 aromatic heterocycles. The fraction of sp³-hybridized carbons (Fsp3) is 0.188. The lowest BCUT2D eigenvalue weighted by atomic mass is 9.94. The summed E-state index contributed by atoms with van der Waals surface area (Å²) in [5, 5.41) is 10.7. The molecule has 136 valence electrons. The minimum atomic E-state index is -0.487. The maximum atomic E-state index is 14.2. The van der Waals surface area contributed by atoms with Crippen LogP contribution in [0.4, 0.5) is 21.5 Å². The Bertz CT molecular complexity index is 974. The average molecular weight is 486 g/mol. The molecule has 26 heavy (non-hydrogen) atoms. The van der Waals surface area contributed by atoms with E-state index < -0.39 is 11.4 Å². The summed E-state index contributed by atoms with van der Waals surface area (Å²) in [6.07, 6.45) is 2.85. The van der Waals surface area contributed by atoms with Crippen LogP contribution < -0.4 is 22.1 Å². The SMILES string of the molecule is N=Cc1c(-c2c(N)c(C3=NCCC3)[nH]c(=O)c2N)ccc(F)c1NPI. The smallest absolute Gasteiger partial charge is 0.272 e. The second-order valence-electron chi connectivity index (χ2n) is 5.71. The summed E-state index contributed by atoms with van der Waals surface area (Å²) < 4.78 is 14.2. The molecule has 1 atom stereocenters. The molecule has 0 saturated heterocycles. The Morgan fingerprint density at radius 3 is 2.77 bits per heavy atom. The van der Waals surface area contributed by atoms with E-state index in [9.17, 15) is 9.18 Å². The molecule has 7 N–H and O–H groups in total. The first-order valence-corrected chi connectivity index (χ1v) is 11.9. The fourth-order valence-corrected chi connectivity index (χ4v) is 4.19. The molecular formula is C16H17FIN6OP. The van der Waals surface area contributed by atoms with Crippen molar-refractivity contribution < 1.29 is 4.39 Å². The van der Waals surface area contributed by atoms with Gasteiger partial charge in [0.1, 0.15) is 11.5 Å². The van der Waals surface area contributed by atoms with Crippen molar-refractivity contribution in [1.82, 2.24) is 4.98 Å². The van der Waals surface area contributed by atoms with Crippen LogP contribution in [0.2, 0.25) is 0 Å². The molecule has 1 aromatic carbocycles. The number of aromatic amines is 1. The van der Waals surface area contributed by atoms with Crippen LogP contribution >= 0.6 is 28.4 Å². The molecule has 0 spiro atoms. The van der Waals surface area contributed by atoms with Crippen LogP contribution in [0.3, 0.4) is 0 Å². The topological polar surface area (TPSA) is 133 Å². The molecule has 1 aliphatic rings. The summed E-state index contributed by atoms with van der Waals surface area (Å²) >= 11 is 2.07. The van der Waals surface area contributed by atoms with Gasteiger partial charge in [-0.1, -0.05) is 6.07 Å². The minimum absolute atomic E-state index is 0.0672. The summed E-state index contributed by atoms with van der Waals surface area (Å²) in [6.45, 7) is 0.684. The van der Waals surface area contributed by atoms with E-state index in [4.69, 9.17) is 16.9 Å². The number of benzene rings is 1. The van der Waals surface area contributed by atoms with Gasteiger partial charge in [0.15, 0.2) is 0 Å². The van der Waals surface area contributed by atoms with Gasteiger partial charge in [-0.15, -0.1) is 0 Å². The lowest BCUT2D eigenvalue weighted by Gasteiger charge is -2.17. The number of nitrogens with zero attached hydrogens (tertiary/aromatic N) is 1. The van der Waals surface area contributed by atoms with E-state index in [1.54, 1.807) is 0 Å². The lowest BCUT2D eigenvalue weighted by Crippen LogP contribution is -2.21. The van der Waals surface area contributed by atoms with Crippen LogP contribution in [0.5, 0.6) is 0 Å². The van der Waals surface area contributed by atoms with Gasteiger partial charge in [0, 0.05) is 30.3 Å². The Balaban J connectivity index is 2.32. The van der Waals surface area contributed by atoms with Crippen molar-refractivity contribution in [1.29, 1.82) is 5.41 Å². The predicted octanol–water partition coefficient (Wildman–Crippen LogP) is 3.28. The van der Waals surface area contributed by atoms with Gasteiger partial charge in [-0.25, -0.2) is 4.39 Å². The second kappa shape index (κ2) is 7.71. The number of halogens is 2. The van der Waals surface area contributed by atoms with Gasteiger partial charge >= 0.3 is 0 Å². The third kappa shape index (κ3) is 3.21. The molecule has 2 heterocycles. The van der Waals surface area contributed by atoms with Crippen LogP contribution in [0, 0.1) is 11.2 Å². The number of anilines is 3. The summed E-state index contributed by atoms with van der Waals surface area (Å²) in [5.41, 5.74) is 14.5. The van der Waals surface area contributed by atoms with Crippen LogP contribution in [-0.4, -0.2) is 23.5 Å². The largest absolute Gasteiger partial charge is 0.396 e. The van der Waals surface area contributed by atoms with Crippen molar-refractivity contribution in [2.24, 2.45) is 4.99 Å². The van der Waals surface area contributed by atoms with E-state index in [1.165, 1.54) is 12.1 Å². The van der Waals surface area contributed by atoms with Gasteiger partial charge in [-0.05, 0) is 46.5 Å². The summed E-state index contributed by atoms with van der Waals surface area (Å²) in [6, 6.07) is 2.76. The Morgan fingerprint density at radius 2 is 2.15 bits per heavy atom. The second-order valence-corrected chi connectivity index (χ2v) is 7.77. The molecule has 1 aliphatic heterocycles. The van der Waals surface area contributed by atoms with Crippen molar-refractivity contribution in [3.63, 3.8) is 0 Å². The van der Waals surface area contributed by atoms with Gasteiger partial charge in [-0.2, -0.15) is 0 Å². The minimum Gasteiger partial charge on any atom is -0.396 e. The molecule has 0 radical (unpaired) electrons. The number of aliphatic imine (C=N–C) groups is 1. The Morgan fingerprint density at radius 1 is 1.38 bits per heavy atom. The highest BCUT2D eigenvalue weighted by Gasteiger charge is 2.23. The molecule has 7 nitrogen and oxygen atoms in total. The molecule has 3 rings (SSSR count). The molecule has 1 unspecified atom stereocenters. The predicted molar refractivity (Wildman–Crippen MR) is 116 cm³/mol. The summed E-state index contributed by atoms with van der Waals surface area (Å²) in [4.78, 5) is 19.5. The summed E-state index contributed by atoms with van der Waals surface area (Å²) in [5.74, 6) is -0.487. The maximum absolute atomic E-state index is 14.2. The molecule has 0 amide bonds. The molecule has 0 saturated carbocycles. The van der Waals surface area contributed by atoms with Gasteiger partial charge < -0.3 is 26.9 Å². The van der Waals surface area contributed by atoms with Crippen molar-refractivity contribution >= 4 is 57.4 Å². The first-order chi connectivity index (χ1) is 12.5. The number of hydrogen-bond donors (Lipinski definition) is 5. The Kier molecular flexibility index (Phi) is 5.57. The van der Waals surface area contributed by atoms with Crippen molar-refractivity contribution in [3.8, 4) is 11.1 Å². The van der Waals surface area contributed by atoms with Crippen LogP contribution in [0.15, 0.2) is 21.9 Å². The van der Waals surface area contributed by atoms with E-state index in [-0.39, 0.29) is 29.0 Å². The average Bonchev–Trinajstić information content (AvgIpc) is 3.15. The van der Waals surface area contributed by atoms with Crippen LogP contribution in [0.1, 0.15) is 24.1 Å². The third-order valence-corrected chi connectivity index (χ3v) is 5.39. The van der Waals surface area contributed by atoms with Gasteiger partial charge in [0.2, 0.25) is 0 Å². The third-order valence-electron chi connectivity index (χ3n) is 4.23. The number of nitrogens with one attached hydrogen (secondary N) is 3. The quantitative estimate of drug-likeness (QED) is 0.252. The maximum Gasteiger partial charge on any atom is 0.272 e. The molecule has 0 fully saturated rings. The molecule has 0 bridgehead atoms. The molecule has 2 aromatic rings. The van der Waals surface area contributed by atoms with Crippen molar-refractivity contribution in [3.05, 3.63) is 39.6 Å². The summed E-state index contributed by atoms with van der Waals surface area (Å²) in [7, 11) is 0. The van der Waals surface area contributed by atoms with Crippen molar-refractivity contribution in [2.45, 2.75) is 12.8 Å². The number of pyridine rings is 1. The Labute approximate surface area is 163 Å². The fourth-order valence-electron chi connectivity index (χ4n) is 3.03. The highest BCUT2D eigenvalue weighted by Crippen LogP contribution is 2.39. The number of nitrogen functional groups attached to an aromatic ring is 2. The van der Waals surface area contributed by atoms with E-state index in [0.29, 0.717) is 29.8 Å². The highest BCUT2D eigenvalue weighted by molar-refractivity contribution is 14.2. The number of hydrogen-bond acceptors (Lipinski definition) is 6. The van der Waals surface area contributed by atoms with Gasteiger partial charge in [-0.3, -0.25) is 9.79 Å². The first kappa shape index (κ1) is 18.8. The molecule has 10 heteroatoms. The van der Waals surface area contributed by atoms with Gasteiger partial charge in [0.25, 0.3) is 5.56 Å². The standard InChI is InChI=1S/C16H17FIN6OP/c17-9-4-3-7(8(6-19)14(9)24-26-18)11-12(20)15(10-2-1-5-22-10)23-16(25)13(11)21/h3-4,6,19,24,26H,1-2,5,20-21H2,(H,23,25). The van der Waals surface area contributed by atoms with Crippen molar-refractivity contribution in [2.75, 3.05) is 23.1 Å². The van der Waals surface area contributed by atoms with Crippen LogP contribution in [0.25, 0.3) is 11.1 Å².